The molecule has 19 heavy (non-hydrogen) atoms. The molecule has 4 N–H and O–H groups in total. The summed E-state index contributed by atoms with van der Waals surface area (Å²) in [6, 6.07) is 6.17. The smallest absolute Gasteiger partial charge is 0.254 e. The van der Waals surface area contributed by atoms with Crippen molar-refractivity contribution in [3.63, 3.8) is 0 Å². The van der Waals surface area contributed by atoms with Crippen LogP contribution in [0.1, 0.15) is 31.1 Å². The highest BCUT2D eigenvalue weighted by molar-refractivity contribution is 6.01. The van der Waals surface area contributed by atoms with Crippen LogP contribution in [0.2, 0.25) is 0 Å². The van der Waals surface area contributed by atoms with Gasteiger partial charge >= 0.3 is 0 Å². The Bertz CT molecular complexity index is 458. The number of anilines is 1. The number of nitrogen functional groups attached to an aromatic ring is 1. The van der Waals surface area contributed by atoms with Gasteiger partial charge in [0, 0.05) is 12.2 Å². The molecule has 0 spiro atoms. The van der Waals surface area contributed by atoms with E-state index in [0.29, 0.717) is 23.7 Å². The second-order valence-electron chi connectivity index (χ2n) is 4.92. The Kier molecular flexibility index (Phi) is 5.36. The summed E-state index contributed by atoms with van der Waals surface area (Å²) in [7, 11) is 0. The summed E-state index contributed by atoms with van der Waals surface area (Å²) in [5.41, 5.74) is 6.49. The molecule has 1 unspecified atom stereocenters. The van der Waals surface area contributed by atoms with Crippen LogP contribution in [-0.2, 0) is 4.79 Å². The first-order chi connectivity index (χ1) is 8.91. The van der Waals surface area contributed by atoms with Crippen molar-refractivity contribution in [2.75, 3.05) is 12.3 Å². The summed E-state index contributed by atoms with van der Waals surface area (Å²) < 4.78 is 0. The van der Waals surface area contributed by atoms with E-state index in [-0.39, 0.29) is 11.8 Å². The fraction of sp³-hybridized carbons (Fsp3) is 0.429. The maximum absolute atomic E-state index is 11.9. The molecular weight excluding hydrogens is 242 g/mol. The summed E-state index contributed by atoms with van der Waals surface area (Å²) in [5.74, 6) is -0.168. The first kappa shape index (κ1) is 15.0. The number of nitrogens with two attached hydrogens (primary N) is 1. The topological polar surface area (TPSA) is 84.2 Å². The minimum atomic E-state index is -0.592. The Labute approximate surface area is 113 Å². The first-order valence-electron chi connectivity index (χ1n) is 6.35. The van der Waals surface area contributed by atoms with Crippen LogP contribution < -0.4 is 16.4 Å². The molecular formula is C14H21N3O2. The minimum absolute atomic E-state index is 0.198. The molecule has 0 saturated carbocycles. The molecule has 104 valence electrons. The average Bonchev–Trinajstić information content (AvgIpc) is 2.36. The van der Waals surface area contributed by atoms with Crippen molar-refractivity contribution >= 4 is 17.5 Å². The number of hydrogen-bond donors (Lipinski definition) is 3. The number of amides is 2. The van der Waals surface area contributed by atoms with Gasteiger partial charge in [-0.05, 0) is 25.0 Å². The van der Waals surface area contributed by atoms with Gasteiger partial charge in [-0.1, -0.05) is 26.0 Å². The molecule has 1 aromatic carbocycles. The zero-order chi connectivity index (χ0) is 14.4. The summed E-state index contributed by atoms with van der Waals surface area (Å²) in [4.78, 5) is 23.7. The number of carbonyl (C=O) groups excluding carboxylic acids is 2. The van der Waals surface area contributed by atoms with Gasteiger partial charge in [-0.15, -0.1) is 0 Å². The van der Waals surface area contributed by atoms with Crippen molar-refractivity contribution in [3.05, 3.63) is 29.8 Å². The number of hydrogen-bond acceptors (Lipinski definition) is 3. The second kappa shape index (κ2) is 6.78. The van der Waals surface area contributed by atoms with Gasteiger partial charge in [0.25, 0.3) is 5.91 Å². The summed E-state index contributed by atoms with van der Waals surface area (Å²) in [6.07, 6.45) is 0. The van der Waals surface area contributed by atoms with Crippen LogP contribution in [-0.4, -0.2) is 24.4 Å². The average molecular weight is 263 g/mol. The number of benzene rings is 1. The molecule has 0 aliphatic rings. The first-order valence-corrected chi connectivity index (χ1v) is 6.35. The highest BCUT2D eigenvalue weighted by atomic mass is 16.2. The molecule has 0 aliphatic heterocycles. The largest absolute Gasteiger partial charge is 0.398 e. The molecule has 1 atom stereocenters. The van der Waals surface area contributed by atoms with Gasteiger partial charge in [0.05, 0.1) is 5.56 Å². The van der Waals surface area contributed by atoms with Crippen molar-refractivity contribution in [3.8, 4) is 0 Å². The predicted molar refractivity (Wildman–Crippen MR) is 75.6 cm³/mol. The van der Waals surface area contributed by atoms with E-state index >= 15 is 0 Å². The van der Waals surface area contributed by atoms with Gasteiger partial charge < -0.3 is 16.4 Å². The summed E-state index contributed by atoms with van der Waals surface area (Å²) >= 11 is 0. The van der Waals surface area contributed by atoms with Crippen LogP contribution in [0.5, 0.6) is 0 Å². The lowest BCUT2D eigenvalue weighted by Gasteiger charge is -2.15. The normalized spacial score (nSPS) is 12.0. The molecule has 0 heterocycles. The van der Waals surface area contributed by atoms with Crippen molar-refractivity contribution in [2.24, 2.45) is 5.92 Å². The van der Waals surface area contributed by atoms with Gasteiger partial charge in [0.15, 0.2) is 0 Å². The zero-order valence-electron chi connectivity index (χ0n) is 11.6. The van der Waals surface area contributed by atoms with E-state index in [9.17, 15) is 9.59 Å². The van der Waals surface area contributed by atoms with Gasteiger partial charge in [-0.3, -0.25) is 9.59 Å². The van der Waals surface area contributed by atoms with Crippen LogP contribution in [0, 0.1) is 5.92 Å². The van der Waals surface area contributed by atoms with Crippen molar-refractivity contribution in [1.82, 2.24) is 10.6 Å². The highest BCUT2D eigenvalue weighted by Crippen LogP contribution is 2.10. The molecule has 0 fully saturated rings. The molecule has 5 heteroatoms. The Morgan fingerprint density at radius 3 is 2.42 bits per heavy atom. The van der Waals surface area contributed by atoms with Crippen LogP contribution >= 0.6 is 0 Å². The maximum atomic E-state index is 11.9. The molecule has 0 aliphatic carbocycles. The Morgan fingerprint density at radius 1 is 1.21 bits per heavy atom. The molecule has 0 bridgehead atoms. The van der Waals surface area contributed by atoms with E-state index in [1.807, 2.05) is 13.8 Å². The summed E-state index contributed by atoms with van der Waals surface area (Å²) in [6.45, 7) is 6.25. The Morgan fingerprint density at radius 2 is 1.84 bits per heavy atom. The molecule has 0 saturated heterocycles. The lowest BCUT2D eigenvalue weighted by Crippen LogP contribution is -2.45. The lowest BCUT2D eigenvalue weighted by molar-refractivity contribution is -0.122. The fourth-order valence-electron chi connectivity index (χ4n) is 1.50. The molecule has 1 aromatic rings. The number of nitrogens with one attached hydrogen (secondary N) is 2. The van der Waals surface area contributed by atoms with Crippen molar-refractivity contribution < 1.29 is 9.59 Å². The van der Waals surface area contributed by atoms with Gasteiger partial charge in [0.1, 0.15) is 6.04 Å². The third-order valence-electron chi connectivity index (χ3n) is 2.63. The monoisotopic (exact) mass is 263 g/mol. The predicted octanol–water partition coefficient (Wildman–Crippen LogP) is 1.16. The van der Waals surface area contributed by atoms with Crippen molar-refractivity contribution in [1.29, 1.82) is 0 Å². The van der Waals surface area contributed by atoms with Gasteiger partial charge in [-0.25, -0.2) is 0 Å². The fourth-order valence-corrected chi connectivity index (χ4v) is 1.50. The van der Waals surface area contributed by atoms with E-state index in [1.165, 1.54) is 0 Å². The number of rotatable bonds is 5. The maximum Gasteiger partial charge on any atom is 0.254 e. The SMILES string of the molecule is CC(C)CNC(=O)C(C)NC(=O)c1ccccc1N. The van der Waals surface area contributed by atoms with Crippen LogP contribution in [0.25, 0.3) is 0 Å². The zero-order valence-corrected chi connectivity index (χ0v) is 11.6. The summed E-state index contributed by atoms with van der Waals surface area (Å²) in [5, 5.41) is 5.40. The highest BCUT2D eigenvalue weighted by Gasteiger charge is 2.17. The lowest BCUT2D eigenvalue weighted by atomic mass is 10.1. The molecule has 1 rings (SSSR count). The minimum Gasteiger partial charge on any atom is -0.398 e. The van der Waals surface area contributed by atoms with Crippen LogP contribution in [0.15, 0.2) is 24.3 Å². The van der Waals surface area contributed by atoms with Gasteiger partial charge in [-0.2, -0.15) is 0 Å². The van der Waals surface area contributed by atoms with Crippen LogP contribution in [0.4, 0.5) is 5.69 Å². The molecule has 5 nitrogen and oxygen atoms in total. The molecule has 2 amide bonds. The third-order valence-corrected chi connectivity index (χ3v) is 2.63. The van der Waals surface area contributed by atoms with Crippen molar-refractivity contribution in [2.45, 2.75) is 26.8 Å². The van der Waals surface area contributed by atoms with Crippen LogP contribution in [0.3, 0.4) is 0 Å². The second-order valence-corrected chi connectivity index (χ2v) is 4.92. The Hall–Kier alpha value is -2.04. The molecule has 0 aromatic heterocycles. The van der Waals surface area contributed by atoms with E-state index in [1.54, 1.807) is 31.2 Å². The van der Waals surface area contributed by atoms with E-state index < -0.39 is 6.04 Å². The van der Waals surface area contributed by atoms with E-state index in [2.05, 4.69) is 10.6 Å². The number of para-hydroxylation sites is 1. The van der Waals surface area contributed by atoms with Gasteiger partial charge in [0.2, 0.25) is 5.91 Å². The van der Waals surface area contributed by atoms with E-state index in [0.717, 1.165) is 0 Å². The van der Waals surface area contributed by atoms with E-state index in [4.69, 9.17) is 5.73 Å². The quantitative estimate of drug-likeness (QED) is 0.697. The molecule has 0 radical (unpaired) electrons. The standard InChI is InChI=1S/C14H21N3O2/c1-9(2)8-16-13(18)10(3)17-14(19)11-6-4-5-7-12(11)15/h4-7,9-10H,8,15H2,1-3H3,(H,16,18)(H,17,19). The third kappa shape index (κ3) is 4.62. The number of carbonyl (C=O) groups is 2. The Balaban J connectivity index is 2.57.